The van der Waals surface area contributed by atoms with Gasteiger partial charge in [0.1, 0.15) is 6.17 Å². The minimum absolute atomic E-state index is 0.00676. The Kier molecular flexibility index (Phi) is 7.42. The summed E-state index contributed by atoms with van der Waals surface area (Å²) >= 11 is 6.16. The van der Waals surface area contributed by atoms with Crippen LogP contribution in [0.1, 0.15) is 24.5 Å². The molecule has 0 radical (unpaired) electrons. The Balaban J connectivity index is 1.49. The van der Waals surface area contributed by atoms with E-state index in [0.717, 1.165) is 23.2 Å². The summed E-state index contributed by atoms with van der Waals surface area (Å²) in [5.74, 6) is 0. The number of sulfonamides is 1. The average molecular weight is 464 g/mol. The summed E-state index contributed by atoms with van der Waals surface area (Å²) < 4.78 is 28.2. The van der Waals surface area contributed by atoms with Gasteiger partial charge in [0.05, 0.1) is 4.90 Å². The van der Waals surface area contributed by atoms with Crippen LogP contribution in [0.4, 0.5) is 10.5 Å². The molecule has 1 atom stereocenters. The molecule has 1 unspecified atom stereocenters. The molecule has 1 aliphatic rings. The molecule has 4 N–H and O–H groups in total. The van der Waals surface area contributed by atoms with Crippen LogP contribution in [0.3, 0.4) is 0 Å². The van der Waals surface area contributed by atoms with Crippen molar-refractivity contribution in [3.8, 4) is 0 Å². The molecule has 0 saturated heterocycles. The van der Waals surface area contributed by atoms with Crippen LogP contribution in [-0.2, 0) is 23.0 Å². The number of rotatable bonds is 8. The van der Waals surface area contributed by atoms with Gasteiger partial charge in [-0.3, -0.25) is 4.42 Å². The zero-order valence-corrected chi connectivity index (χ0v) is 18.7. The monoisotopic (exact) mass is 463 g/mol. The van der Waals surface area contributed by atoms with E-state index in [-0.39, 0.29) is 11.1 Å². The average Bonchev–Trinajstić information content (AvgIpc) is 3.14. The lowest BCUT2D eigenvalue weighted by Gasteiger charge is -2.27. The summed E-state index contributed by atoms with van der Waals surface area (Å²) in [7, 11) is -3.94. The van der Waals surface area contributed by atoms with E-state index in [9.17, 15) is 13.2 Å². The Labute approximate surface area is 187 Å². The van der Waals surface area contributed by atoms with Gasteiger partial charge >= 0.3 is 6.03 Å². The highest BCUT2D eigenvalue weighted by Crippen LogP contribution is 2.27. The molecular formula is C21H26ClN5O3S. The van der Waals surface area contributed by atoms with Gasteiger partial charge in [-0.2, -0.15) is 0 Å². The van der Waals surface area contributed by atoms with E-state index in [1.165, 1.54) is 12.1 Å². The normalized spacial score (nSPS) is 15.9. The van der Waals surface area contributed by atoms with Gasteiger partial charge in [0.2, 0.25) is 0 Å². The Morgan fingerprint density at radius 2 is 1.71 bits per heavy atom. The number of amides is 2. The molecule has 1 heterocycles. The van der Waals surface area contributed by atoms with Crippen molar-refractivity contribution in [1.29, 1.82) is 0 Å². The predicted octanol–water partition coefficient (Wildman–Crippen LogP) is 2.86. The smallest absolute Gasteiger partial charge is 0.328 e. The van der Waals surface area contributed by atoms with Crippen molar-refractivity contribution in [2.75, 3.05) is 11.4 Å². The van der Waals surface area contributed by atoms with Crippen molar-refractivity contribution in [2.24, 2.45) is 5.73 Å². The van der Waals surface area contributed by atoms with E-state index in [1.54, 1.807) is 16.6 Å². The van der Waals surface area contributed by atoms with Gasteiger partial charge < -0.3 is 16.0 Å². The van der Waals surface area contributed by atoms with Crippen LogP contribution >= 0.6 is 11.8 Å². The number of carbonyl (C=O) groups is 1. The third-order valence-electron chi connectivity index (χ3n) is 4.97. The van der Waals surface area contributed by atoms with Gasteiger partial charge in [0.25, 0.3) is 10.0 Å². The summed E-state index contributed by atoms with van der Waals surface area (Å²) in [6.07, 6.45) is 5.27. The van der Waals surface area contributed by atoms with E-state index in [4.69, 9.17) is 17.5 Å². The summed E-state index contributed by atoms with van der Waals surface area (Å²) in [6, 6.07) is 13.2. The summed E-state index contributed by atoms with van der Waals surface area (Å²) in [5, 5.41) is 2.58. The molecule has 0 aromatic heterocycles. The maximum absolute atomic E-state index is 12.3. The molecule has 31 heavy (non-hydrogen) atoms. The minimum Gasteiger partial charge on any atom is -0.337 e. The van der Waals surface area contributed by atoms with Crippen LogP contribution < -0.4 is 20.7 Å². The Bertz CT molecular complexity index is 1030. The molecule has 8 nitrogen and oxygen atoms in total. The molecule has 10 heteroatoms. The largest absolute Gasteiger partial charge is 0.337 e. The Morgan fingerprint density at radius 1 is 1.06 bits per heavy atom. The number of carbonyl (C=O) groups excluding carboxylic acids is 1. The van der Waals surface area contributed by atoms with E-state index in [2.05, 4.69) is 17.1 Å². The van der Waals surface area contributed by atoms with E-state index < -0.39 is 16.1 Å². The summed E-state index contributed by atoms with van der Waals surface area (Å²) in [6.45, 7) is 2.68. The van der Waals surface area contributed by atoms with Gasteiger partial charge in [0, 0.05) is 43.0 Å². The first-order chi connectivity index (χ1) is 14.8. The van der Waals surface area contributed by atoms with Crippen LogP contribution in [0.2, 0.25) is 0 Å². The fourth-order valence-electron chi connectivity index (χ4n) is 3.26. The second-order valence-corrected chi connectivity index (χ2v) is 9.14. The maximum atomic E-state index is 12.3. The SMILES string of the molecule is CCC1N(Cl)C=CN1c1ccc(CCNC(=O)NS(=O)(=O)c2ccc(CN)cc2)cc1. The number of benzene rings is 2. The van der Waals surface area contributed by atoms with Gasteiger partial charge in [-0.1, -0.05) is 31.2 Å². The zero-order valence-electron chi connectivity index (χ0n) is 17.2. The van der Waals surface area contributed by atoms with Crippen molar-refractivity contribution in [1.82, 2.24) is 14.5 Å². The number of halogens is 1. The van der Waals surface area contributed by atoms with Crippen LogP contribution in [0.25, 0.3) is 0 Å². The van der Waals surface area contributed by atoms with E-state index >= 15 is 0 Å². The Morgan fingerprint density at radius 3 is 2.32 bits per heavy atom. The van der Waals surface area contributed by atoms with Crippen molar-refractivity contribution in [3.63, 3.8) is 0 Å². The molecular weight excluding hydrogens is 438 g/mol. The van der Waals surface area contributed by atoms with Gasteiger partial charge in [-0.25, -0.2) is 17.9 Å². The molecule has 3 rings (SSSR count). The number of urea groups is 1. The predicted molar refractivity (Wildman–Crippen MR) is 122 cm³/mol. The molecule has 166 valence electrons. The van der Waals surface area contributed by atoms with Gasteiger partial charge in [-0.05, 0) is 48.2 Å². The highest BCUT2D eigenvalue weighted by atomic mass is 35.5. The molecule has 2 amide bonds. The fraction of sp³-hybridized carbons (Fsp3) is 0.286. The number of nitrogens with one attached hydrogen (secondary N) is 2. The van der Waals surface area contributed by atoms with Crippen molar-refractivity contribution in [3.05, 3.63) is 72.1 Å². The number of hydrogen-bond donors (Lipinski definition) is 3. The first kappa shape index (κ1) is 22.9. The molecule has 0 fully saturated rings. The van der Waals surface area contributed by atoms with Crippen molar-refractivity contribution < 1.29 is 13.2 Å². The molecule has 2 aromatic rings. The van der Waals surface area contributed by atoms with Crippen LogP contribution in [0.15, 0.2) is 65.8 Å². The first-order valence-corrected chi connectivity index (χ1v) is 11.8. The number of nitrogens with zero attached hydrogens (tertiary/aromatic N) is 2. The molecule has 0 aliphatic carbocycles. The van der Waals surface area contributed by atoms with Crippen molar-refractivity contribution >= 4 is 33.5 Å². The van der Waals surface area contributed by atoms with Crippen LogP contribution in [-0.4, -0.2) is 31.6 Å². The topological polar surface area (TPSA) is 108 Å². The Hall–Kier alpha value is -2.75. The van der Waals surface area contributed by atoms with Crippen LogP contribution in [0.5, 0.6) is 0 Å². The van der Waals surface area contributed by atoms with Crippen LogP contribution in [0, 0.1) is 0 Å². The molecule has 0 bridgehead atoms. The first-order valence-electron chi connectivity index (χ1n) is 9.93. The number of anilines is 1. The van der Waals surface area contributed by atoms with Crippen molar-refractivity contribution in [2.45, 2.75) is 37.4 Å². The summed E-state index contributed by atoms with van der Waals surface area (Å²) in [4.78, 5) is 14.1. The quantitative estimate of drug-likeness (QED) is 0.519. The second-order valence-electron chi connectivity index (χ2n) is 7.06. The maximum Gasteiger partial charge on any atom is 0.328 e. The fourth-order valence-corrected chi connectivity index (χ4v) is 4.47. The third-order valence-corrected chi connectivity index (χ3v) is 6.66. The van der Waals surface area contributed by atoms with E-state index in [0.29, 0.717) is 19.5 Å². The molecule has 0 saturated carbocycles. The lowest BCUT2D eigenvalue weighted by atomic mass is 10.1. The third kappa shape index (κ3) is 5.69. The lowest BCUT2D eigenvalue weighted by molar-refractivity contribution is 0.246. The minimum atomic E-state index is -3.94. The molecule has 0 spiro atoms. The lowest BCUT2D eigenvalue weighted by Crippen LogP contribution is -2.40. The standard InChI is InChI=1S/C21H26ClN5O3S/c1-2-20-26(13-14-27(20)22)18-7-3-16(4-8-18)11-12-24-21(28)25-31(29,30)19-9-5-17(15-23)6-10-19/h3-10,13-14,20H,2,11-12,15,23H2,1H3,(H2,24,25,28). The number of nitrogens with two attached hydrogens (primary N) is 1. The van der Waals surface area contributed by atoms with E-state index in [1.807, 2.05) is 41.4 Å². The molecule has 2 aromatic carbocycles. The number of hydrogen-bond acceptors (Lipinski definition) is 6. The summed E-state index contributed by atoms with van der Waals surface area (Å²) in [5.41, 5.74) is 8.35. The highest BCUT2D eigenvalue weighted by Gasteiger charge is 2.24. The van der Waals surface area contributed by atoms with Gasteiger partial charge in [0.15, 0.2) is 0 Å². The highest BCUT2D eigenvalue weighted by molar-refractivity contribution is 7.90. The molecule has 1 aliphatic heterocycles. The van der Waals surface area contributed by atoms with Gasteiger partial charge in [-0.15, -0.1) is 0 Å². The second kappa shape index (κ2) is 10.0. The zero-order chi connectivity index (χ0) is 22.4.